The van der Waals surface area contributed by atoms with Crippen LogP contribution in [0.15, 0.2) is 198 Å². The number of hydrogen-bond donors (Lipinski definition) is 0. The highest BCUT2D eigenvalue weighted by atomic mass is 16.3. The summed E-state index contributed by atoms with van der Waals surface area (Å²) in [5.41, 5.74) is 17.7. The molecule has 0 saturated carbocycles. The molecule has 0 N–H and O–H groups in total. The van der Waals surface area contributed by atoms with Crippen LogP contribution in [0.1, 0.15) is 71.1 Å². The van der Waals surface area contributed by atoms with Crippen molar-refractivity contribution in [2.45, 2.75) is 43.9 Å². The number of hydrogen-bond acceptors (Lipinski definition) is 1. The molecule has 13 rings (SSSR count). The first-order valence-corrected chi connectivity index (χ1v) is 22.5. The Morgan fingerprint density at radius 1 is 0.557 bits per heavy atom. The number of benzene rings is 7. The normalized spacial score (nSPS) is 22.4. The maximum absolute atomic E-state index is 6.23. The maximum Gasteiger partial charge on any atom is 0.135 e. The van der Waals surface area contributed by atoms with Crippen LogP contribution >= 0.6 is 0 Å². The highest BCUT2D eigenvalue weighted by molar-refractivity contribution is 6.21. The second-order valence-corrected chi connectivity index (χ2v) is 18.0. The van der Waals surface area contributed by atoms with Crippen LogP contribution in [-0.2, 0) is 6.42 Å². The average molecular weight is 783 g/mol. The van der Waals surface area contributed by atoms with Crippen molar-refractivity contribution in [3.63, 3.8) is 0 Å². The van der Waals surface area contributed by atoms with Gasteiger partial charge < -0.3 is 4.42 Å². The first-order valence-electron chi connectivity index (χ1n) is 22.5. The molecule has 5 aliphatic carbocycles. The van der Waals surface area contributed by atoms with Crippen LogP contribution in [0, 0.1) is 17.8 Å². The highest BCUT2D eigenvalue weighted by Gasteiger charge is 2.45. The fourth-order valence-corrected chi connectivity index (χ4v) is 12.3. The van der Waals surface area contributed by atoms with E-state index in [4.69, 9.17) is 4.42 Å². The molecule has 1 nitrogen and oxygen atoms in total. The molecular formula is C60H46O. The minimum atomic E-state index is 0.272. The fourth-order valence-electron chi connectivity index (χ4n) is 12.3. The Morgan fingerprint density at radius 2 is 1.25 bits per heavy atom. The van der Waals surface area contributed by atoms with Gasteiger partial charge in [-0.05, 0) is 139 Å². The first kappa shape index (κ1) is 35.1. The van der Waals surface area contributed by atoms with Crippen molar-refractivity contribution in [2.75, 3.05) is 0 Å². The molecule has 1 heterocycles. The third-order valence-electron chi connectivity index (χ3n) is 14.9. The number of rotatable bonds is 4. The number of allylic oxidation sites excluding steroid dienone is 8. The van der Waals surface area contributed by atoms with Crippen LogP contribution in [0.2, 0.25) is 0 Å². The van der Waals surface area contributed by atoms with Crippen LogP contribution < -0.4 is 0 Å². The molecule has 1 heteroatoms. The zero-order valence-corrected chi connectivity index (χ0v) is 34.2. The molecule has 1 aromatic heterocycles. The van der Waals surface area contributed by atoms with Gasteiger partial charge in [0.2, 0.25) is 0 Å². The Balaban J connectivity index is 0.945. The Hall–Kier alpha value is -6.70. The Labute approximate surface area is 357 Å². The van der Waals surface area contributed by atoms with E-state index in [1.165, 1.54) is 108 Å². The molecule has 5 unspecified atom stereocenters. The maximum atomic E-state index is 6.23. The Bertz CT molecular complexity index is 3210. The molecule has 0 amide bonds. The van der Waals surface area contributed by atoms with Gasteiger partial charge in [-0.15, -0.1) is 0 Å². The lowest BCUT2D eigenvalue weighted by atomic mass is 9.55. The first-order chi connectivity index (χ1) is 30.3. The van der Waals surface area contributed by atoms with Crippen LogP contribution in [0.5, 0.6) is 0 Å². The summed E-state index contributed by atoms with van der Waals surface area (Å²) < 4.78 is 6.23. The van der Waals surface area contributed by atoms with Crippen LogP contribution in [0.25, 0.3) is 66.4 Å². The van der Waals surface area contributed by atoms with E-state index in [0.29, 0.717) is 23.7 Å². The predicted molar refractivity (Wildman–Crippen MR) is 255 cm³/mol. The van der Waals surface area contributed by atoms with Crippen molar-refractivity contribution in [3.05, 3.63) is 227 Å². The van der Waals surface area contributed by atoms with Gasteiger partial charge in [0.15, 0.2) is 0 Å². The second-order valence-electron chi connectivity index (χ2n) is 18.0. The lowest BCUT2D eigenvalue weighted by Gasteiger charge is -2.48. The van der Waals surface area contributed by atoms with Gasteiger partial charge in [-0.2, -0.15) is 0 Å². The molecule has 0 aliphatic heterocycles. The minimum Gasteiger partial charge on any atom is -0.456 e. The molecule has 7 aromatic carbocycles. The molecule has 292 valence electrons. The molecular weight excluding hydrogens is 737 g/mol. The van der Waals surface area contributed by atoms with E-state index in [1.54, 1.807) is 11.1 Å². The summed E-state index contributed by atoms with van der Waals surface area (Å²) in [6, 6.07) is 54.7. The van der Waals surface area contributed by atoms with E-state index in [0.717, 1.165) is 17.8 Å². The molecule has 0 fully saturated rings. The zero-order valence-electron chi connectivity index (χ0n) is 34.2. The molecule has 0 radical (unpaired) electrons. The standard InChI is InChI=1S/C60H46O/c1-2-21-44-42(19-1)43-20-3-5-24-47(43)60-48-25-6-4-22-45(48)53(36-55(44)60)39-16-14-18-41(34-39)59-51-28-9-7-26-49(51)58(50-27-8-10-29-52(50)59)40-17-13-15-37(33-40)38-31-32-57-54(35-38)46-23-11-12-30-56(46)61-57/h2,4-18,21-34,36,38,43,47,55,60H,1,3,19-20,35H2. The second kappa shape index (κ2) is 13.9. The zero-order chi connectivity index (χ0) is 40.0. The van der Waals surface area contributed by atoms with Gasteiger partial charge in [-0.3, -0.25) is 0 Å². The Kier molecular flexibility index (Phi) is 8.01. The van der Waals surface area contributed by atoms with Crippen molar-refractivity contribution >= 4 is 44.2 Å². The summed E-state index contributed by atoms with van der Waals surface area (Å²) in [6.07, 6.45) is 23.0. The third kappa shape index (κ3) is 5.46. The van der Waals surface area contributed by atoms with E-state index in [1.807, 2.05) is 0 Å². The average Bonchev–Trinajstić information content (AvgIpc) is 3.71. The van der Waals surface area contributed by atoms with Crippen LogP contribution in [0.4, 0.5) is 0 Å². The SMILES string of the molecule is C1=CC2=C(CC1)C1CCC=CC1C1c3ccccc3C(c3cccc(-c4c5ccccc5c(-c5cccc(C6C=Cc7oc8ccccc8c7C6)c5)c5ccccc45)c3)=CC21. The summed E-state index contributed by atoms with van der Waals surface area (Å²) in [6.45, 7) is 0. The smallest absolute Gasteiger partial charge is 0.135 e. The molecule has 0 bridgehead atoms. The molecule has 0 spiro atoms. The number of fused-ring (bicyclic) bond motifs is 12. The molecule has 8 aromatic rings. The molecule has 5 aliphatic rings. The number of furan rings is 1. The van der Waals surface area contributed by atoms with E-state index in [-0.39, 0.29) is 5.92 Å². The Morgan fingerprint density at radius 3 is 2.05 bits per heavy atom. The summed E-state index contributed by atoms with van der Waals surface area (Å²) in [5, 5.41) is 6.37. The topological polar surface area (TPSA) is 13.1 Å². The monoisotopic (exact) mass is 782 g/mol. The fraction of sp³-hybridized carbons (Fsp3) is 0.167. The molecule has 0 saturated heterocycles. The lowest BCUT2D eigenvalue weighted by Crippen LogP contribution is -2.37. The lowest BCUT2D eigenvalue weighted by molar-refractivity contribution is 0.282. The third-order valence-corrected chi connectivity index (χ3v) is 14.9. The van der Waals surface area contributed by atoms with Crippen molar-refractivity contribution in [3.8, 4) is 22.3 Å². The van der Waals surface area contributed by atoms with Crippen molar-refractivity contribution in [1.82, 2.24) is 0 Å². The van der Waals surface area contributed by atoms with Gasteiger partial charge in [-0.1, -0.05) is 175 Å². The molecule has 61 heavy (non-hydrogen) atoms. The van der Waals surface area contributed by atoms with Crippen molar-refractivity contribution in [1.29, 1.82) is 0 Å². The number of para-hydroxylation sites is 1. The van der Waals surface area contributed by atoms with Crippen molar-refractivity contribution in [2.24, 2.45) is 17.8 Å². The van der Waals surface area contributed by atoms with E-state index >= 15 is 0 Å². The summed E-state index contributed by atoms with van der Waals surface area (Å²) in [5.74, 6) is 3.35. The minimum absolute atomic E-state index is 0.272. The van der Waals surface area contributed by atoms with Gasteiger partial charge >= 0.3 is 0 Å². The van der Waals surface area contributed by atoms with Gasteiger partial charge in [0.25, 0.3) is 0 Å². The molecule has 5 atom stereocenters. The largest absolute Gasteiger partial charge is 0.456 e. The van der Waals surface area contributed by atoms with Crippen LogP contribution in [0.3, 0.4) is 0 Å². The van der Waals surface area contributed by atoms with Gasteiger partial charge in [-0.25, -0.2) is 0 Å². The predicted octanol–water partition coefficient (Wildman–Crippen LogP) is 15.8. The van der Waals surface area contributed by atoms with Gasteiger partial charge in [0.05, 0.1) is 0 Å². The summed E-state index contributed by atoms with van der Waals surface area (Å²) in [4.78, 5) is 0. The summed E-state index contributed by atoms with van der Waals surface area (Å²) in [7, 11) is 0. The van der Waals surface area contributed by atoms with E-state index < -0.39 is 0 Å². The van der Waals surface area contributed by atoms with Crippen LogP contribution in [-0.4, -0.2) is 0 Å². The highest BCUT2D eigenvalue weighted by Crippen LogP contribution is 2.58. The van der Waals surface area contributed by atoms with E-state index in [9.17, 15) is 0 Å². The van der Waals surface area contributed by atoms with Gasteiger partial charge in [0, 0.05) is 28.7 Å². The van der Waals surface area contributed by atoms with Gasteiger partial charge in [0.1, 0.15) is 11.3 Å². The summed E-state index contributed by atoms with van der Waals surface area (Å²) >= 11 is 0. The quantitative estimate of drug-likeness (QED) is 0.128. The van der Waals surface area contributed by atoms with Crippen molar-refractivity contribution < 1.29 is 4.42 Å². The van der Waals surface area contributed by atoms with E-state index in [2.05, 4.69) is 188 Å².